The number of aromatic nitrogens is 2. The number of furan rings is 1. The third-order valence-corrected chi connectivity index (χ3v) is 4.64. The summed E-state index contributed by atoms with van der Waals surface area (Å²) < 4.78 is 5.27. The number of anilines is 1. The van der Waals surface area contributed by atoms with Gasteiger partial charge in [0.25, 0.3) is 5.91 Å². The molecule has 0 aliphatic carbocycles. The first-order valence-corrected chi connectivity index (χ1v) is 9.36. The number of carbonyl (C=O) groups is 1. The lowest BCUT2D eigenvalue weighted by atomic mass is 10.1. The zero-order valence-corrected chi connectivity index (χ0v) is 15.9. The highest BCUT2D eigenvalue weighted by atomic mass is 32.1. The molecule has 146 valence electrons. The zero-order chi connectivity index (χ0) is 19.9. The van der Waals surface area contributed by atoms with E-state index in [1.54, 1.807) is 48.9 Å². The number of nitrogens with zero attached hydrogens (tertiary/aromatic N) is 3. The molecule has 2 heterocycles. The Labute approximate surface area is 165 Å². The van der Waals surface area contributed by atoms with Gasteiger partial charge in [0.1, 0.15) is 0 Å². The van der Waals surface area contributed by atoms with Crippen molar-refractivity contribution in [3.8, 4) is 10.8 Å². The van der Waals surface area contributed by atoms with Crippen LogP contribution in [0, 0.1) is 0 Å². The number of carbonyl (C=O) groups excluding carboxylic acids is 1. The maximum absolute atomic E-state index is 12.4. The van der Waals surface area contributed by atoms with Crippen LogP contribution in [0.15, 0.2) is 53.3 Å². The van der Waals surface area contributed by atoms with Gasteiger partial charge in [0.2, 0.25) is 5.13 Å². The van der Waals surface area contributed by atoms with Crippen molar-refractivity contribution in [2.45, 2.75) is 6.42 Å². The fraction of sp³-hybridized carbons (Fsp3) is 0.167. The summed E-state index contributed by atoms with van der Waals surface area (Å²) in [4.78, 5) is 12.4. The van der Waals surface area contributed by atoms with Crippen LogP contribution in [0.25, 0.3) is 16.5 Å². The van der Waals surface area contributed by atoms with Crippen LogP contribution in [-0.2, 0) is 0 Å². The first kappa shape index (κ1) is 19.5. The lowest BCUT2D eigenvalue weighted by molar-refractivity contribution is 0.102. The Morgan fingerprint density at radius 1 is 1.21 bits per heavy atom. The van der Waals surface area contributed by atoms with Crippen LogP contribution in [0.4, 0.5) is 5.13 Å². The van der Waals surface area contributed by atoms with Crippen molar-refractivity contribution in [1.82, 2.24) is 15.2 Å². The van der Waals surface area contributed by atoms with Crippen molar-refractivity contribution in [2.75, 3.05) is 18.4 Å². The molecule has 0 bridgehead atoms. The Morgan fingerprint density at radius 2 is 1.96 bits per heavy atom. The van der Waals surface area contributed by atoms with E-state index >= 15 is 0 Å². The van der Waals surface area contributed by atoms with E-state index in [1.807, 2.05) is 0 Å². The largest absolute Gasteiger partial charge is 0.462 e. The average Bonchev–Trinajstić information content (AvgIpc) is 3.38. The SMILES string of the molecule is NCCCN(N)/C=C(\N)c1ccc(C(=O)Nc2nnc(-c3ccco3)s2)cc1. The number of benzene rings is 1. The van der Waals surface area contributed by atoms with Gasteiger partial charge in [-0.05, 0) is 42.8 Å². The number of amides is 1. The molecule has 0 spiro atoms. The summed E-state index contributed by atoms with van der Waals surface area (Å²) in [5, 5.41) is 13.2. The number of hydrogen-bond donors (Lipinski definition) is 4. The van der Waals surface area contributed by atoms with Gasteiger partial charge in [0.05, 0.1) is 12.0 Å². The van der Waals surface area contributed by atoms with Crippen molar-refractivity contribution in [3.05, 3.63) is 60.0 Å². The molecule has 0 fully saturated rings. The minimum Gasteiger partial charge on any atom is -0.462 e. The van der Waals surface area contributed by atoms with Gasteiger partial charge in [-0.15, -0.1) is 10.2 Å². The van der Waals surface area contributed by atoms with Crippen LogP contribution in [0.2, 0.25) is 0 Å². The highest BCUT2D eigenvalue weighted by Crippen LogP contribution is 2.26. The van der Waals surface area contributed by atoms with Gasteiger partial charge < -0.3 is 20.9 Å². The molecule has 0 radical (unpaired) electrons. The van der Waals surface area contributed by atoms with E-state index in [0.717, 1.165) is 12.0 Å². The number of rotatable bonds is 8. The van der Waals surface area contributed by atoms with Gasteiger partial charge in [-0.25, -0.2) is 5.84 Å². The first-order chi connectivity index (χ1) is 13.6. The second-order valence-corrected chi connectivity index (χ2v) is 6.86. The van der Waals surface area contributed by atoms with Crippen molar-refractivity contribution >= 4 is 28.1 Å². The van der Waals surface area contributed by atoms with Crippen LogP contribution >= 0.6 is 11.3 Å². The minimum atomic E-state index is -0.292. The molecule has 0 aliphatic rings. The maximum Gasteiger partial charge on any atom is 0.257 e. The van der Waals surface area contributed by atoms with Gasteiger partial charge in [0, 0.05) is 18.3 Å². The van der Waals surface area contributed by atoms with Crippen molar-refractivity contribution in [2.24, 2.45) is 17.3 Å². The van der Waals surface area contributed by atoms with Crippen molar-refractivity contribution in [1.29, 1.82) is 0 Å². The summed E-state index contributed by atoms with van der Waals surface area (Å²) in [6.45, 7) is 1.17. The second-order valence-electron chi connectivity index (χ2n) is 5.89. The molecular weight excluding hydrogens is 378 g/mol. The summed E-state index contributed by atoms with van der Waals surface area (Å²) in [6, 6.07) is 10.4. The molecule has 0 aliphatic heterocycles. The first-order valence-electron chi connectivity index (χ1n) is 8.54. The highest BCUT2D eigenvalue weighted by molar-refractivity contribution is 7.18. The number of hydrazine groups is 1. The van der Waals surface area contributed by atoms with E-state index in [0.29, 0.717) is 40.2 Å². The summed E-state index contributed by atoms with van der Waals surface area (Å²) in [6.07, 6.45) is 3.97. The Kier molecular flexibility index (Phi) is 6.37. The average molecular weight is 399 g/mol. The fourth-order valence-electron chi connectivity index (χ4n) is 2.35. The Balaban J connectivity index is 1.63. The van der Waals surface area contributed by atoms with Crippen LogP contribution in [0.3, 0.4) is 0 Å². The molecule has 0 saturated heterocycles. The van der Waals surface area contributed by atoms with Gasteiger partial charge in [-0.1, -0.05) is 23.5 Å². The predicted octanol–water partition coefficient (Wildman–Crippen LogP) is 1.83. The summed E-state index contributed by atoms with van der Waals surface area (Å²) in [5.74, 6) is 6.15. The predicted molar refractivity (Wildman–Crippen MR) is 109 cm³/mol. The molecule has 0 unspecified atom stereocenters. The Hall–Kier alpha value is -3.21. The highest BCUT2D eigenvalue weighted by Gasteiger charge is 2.13. The van der Waals surface area contributed by atoms with Crippen LogP contribution < -0.4 is 22.6 Å². The third-order valence-electron chi connectivity index (χ3n) is 3.78. The van der Waals surface area contributed by atoms with E-state index in [1.165, 1.54) is 16.3 Å². The smallest absolute Gasteiger partial charge is 0.257 e. The van der Waals surface area contributed by atoms with Crippen LogP contribution in [-0.4, -0.2) is 34.2 Å². The quantitative estimate of drug-likeness (QED) is 0.331. The number of hydrogen-bond acceptors (Lipinski definition) is 9. The lowest BCUT2D eigenvalue weighted by Crippen LogP contribution is -2.28. The molecule has 1 amide bonds. The molecule has 28 heavy (non-hydrogen) atoms. The molecule has 1 aromatic carbocycles. The third kappa shape index (κ3) is 4.94. The zero-order valence-electron chi connectivity index (χ0n) is 15.0. The number of nitrogens with one attached hydrogen (secondary N) is 1. The fourth-order valence-corrected chi connectivity index (χ4v) is 3.06. The topological polar surface area (TPSA) is 149 Å². The monoisotopic (exact) mass is 399 g/mol. The molecule has 10 heteroatoms. The summed E-state index contributed by atoms with van der Waals surface area (Å²) in [7, 11) is 0. The van der Waals surface area contributed by atoms with E-state index in [2.05, 4.69) is 15.5 Å². The van der Waals surface area contributed by atoms with Gasteiger partial charge >= 0.3 is 0 Å². The van der Waals surface area contributed by atoms with Crippen molar-refractivity contribution in [3.63, 3.8) is 0 Å². The summed E-state index contributed by atoms with van der Waals surface area (Å²) in [5.41, 5.74) is 13.2. The molecule has 0 atom stereocenters. The van der Waals surface area contributed by atoms with Gasteiger partial charge in [-0.3, -0.25) is 10.1 Å². The molecule has 9 nitrogen and oxygen atoms in total. The van der Waals surface area contributed by atoms with Crippen LogP contribution in [0.1, 0.15) is 22.3 Å². The van der Waals surface area contributed by atoms with Crippen molar-refractivity contribution < 1.29 is 9.21 Å². The Bertz CT molecular complexity index is 935. The number of nitrogens with two attached hydrogens (primary N) is 3. The van der Waals surface area contributed by atoms with E-state index in [9.17, 15) is 4.79 Å². The van der Waals surface area contributed by atoms with E-state index in [4.69, 9.17) is 21.7 Å². The Morgan fingerprint density at radius 3 is 2.64 bits per heavy atom. The van der Waals surface area contributed by atoms with E-state index < -0.39 is 0 Å². The van der Waals surface area contributed by atoms with E-state index in [-0.39, 0.29) is 5.91 Å². The standard InChI is InChI=1S/C18H21N7O2S/c19-8-2-9-25(21)11-14(20)12-4-6-13(7-5-12)16(26)22-18-24-23-17(28-18)15-3-1-10-27-15/h1,3-7,10-11H,2,8-9,19-21H2,(H,22,24,26)/b14-11-. The van der Waals surface area contributed by atoms with Crippen LogP contribution in [0.5, 0.6) is 0 Å². The molecule has 3 aromatic rings. The molecule has 2 aromatic heterocycles. The minimum absolute atomic E-state index is 0.292. The molecule has 3 rings (SSSR count). The molecular formula is C18H21N7O2S. The summed E-state index contributed by atoms with van der Waals surface area (Å²) >= 11 is 1.23. The molecule has 0 saturated carbocycles. The van der Waals surface area contributed by atoms with Gasteiger partial charge in [0.15, 0.2) is 10.8 Å². The lowest BCUT2D eigenvalue weighted by Gasteiger charge is -2.14. The molecule has 7 N–H and O–H groups in total. The van der Waals surface area contributed by atoms with Gasteiger partial charge in [-0.2, -0.15) is 0 Å². The maximum atomic E-state index is 12.4. The second kappa shape index (κ2) is 9.13. The normalized spacial score (nSPS) is 11.4.